The third kappa shape index (κ3) is 4.60. The molecular formula is C17H17ClN2O2. The second kappa shape index (κ2) is 7.61. The lowest BCUT2D eigenvalue weighted by molar-refractivity contribution is -0.139. The Labute approximate surface area is 134 Å². The van der Waals surface area contributed by atoms with Crippen LogP contribution in [0.25, 0.3) is 0 Å². The first-order valence-corrected chi connectivity index (χ1v) is 7.32. The van der Waals surface area contributed by atoms with Crippen molar-refractivity contribution in [3.05, 3.63) is 70.7 Å². The zero-order valence-corrected chi connectivity index (χ0v) is 12.9. The summed E-state index contributed by atoms with van der Waals surface area (Å²) in [5.41, 5.74) is 1.78. The largest absolute Gasteiger partial charge is 0.344 e. The average molecular weight is 317 g/mol. The number of carbonyl (C=O) groups is 2. The number of halogens is 1. The average Bonchev–Trinajstić information content (AvgIpc) is 2.53. The molecule has 2 N–H and O–H groups in total. The summed E-state index contributed by atoms with van der Waals surface area (Å²) >= 11 is 5.87. The van der Waals surface area contributed by atoms with Gasteiger partial charge in [0.25, 0.3) is 0 Å². The molecule has 0 saturated heterocycles. The van der Waals surface area contributed by atoms with Crippen LogP contribution >= 0.6 is 11.6 Å². The van der Waals surface area contributed by atoms with E-state index >= 15 is 0 Å². The Morgan fingerprint density at radius 1 is 1.05 bits per heavy atom. The first kappa shape index (κ1) is 16.0. The monoisotopic (exact) mass is 316 g/mol. The van der Waals surface area contributed by atoms with Crippen LogP contribution in [0.1, 0.15) is 24.1 Å². The Bertz CT molecular complexity index is 659. The minimum absolute atomic E-state index is 0.231. The first-order chi connectivity index (χ1) is 10.6. The Morgan fingerprint density at radius 3 is 2.45 bits per heavy atom. The Balaban J connectivity index is 1.86. The molecule has 0 aliphatic carbocycles. The van der Waals surface area contributed by atoms with Crippen molar-refractivity contribution in [3.63, 3.8) is 0 Å². The molecule has 4 nitrogen and oxygen atoms in total. The fraction of sp³-hybridized carbons (Fsp3) is 0.176. The molecule has 2 aromatic carbocycles. The van der Waals surface area contributed by atoms with Gasteiger partial charge in [-0.15, -0.1) is 0 Å². The van der Waals surface area contributed by atoms with Crippen molar-refractivity contribution in [1.82, 2.24) is 10.6 Å². The zero-order valence-electron chi connectivity index (χ0n) is 12.2. The van der Waals surface area contributed by atoms with Gasteiger partial charge in [-0.05, 0) is 30.2 Å². The highest BCUT2D eigenvalue weighted by Gasteiger charge is 2.16. The van der Waals surface area contributed by atoms with Crippen LogP contribution in [0.2, 0.25) is 5.02 Å². The standard InChI is InChI=1S/C17H17ClN2O2/c1-12(14-7-3-2-4-8-14)20-17(22)16(21)19-11-13-6-5-9-15(18)10-13/h2-10,12H,11H2,1H3,(H,19,21)(H,20,22)/t12-/m0/s1. The summed E-state index contributed by atoms with van der Waals surface area (Å²) in [5.74, 6) is -1.32. The number of hydrogen-bond donors (Lipinski definition) is 2. The van der Waals surface area contributed by atoms with Gasteiger partial charge in [-0.1, -0.05) is 54.1 Å². The van der Waals surface area contributed by atoms with Crippen LogP contribution in [0.15, 0.2) is 54.6 Å². The second-order valence-corrected chi connectivity index (χ2v) is 5.35. The highest BCUT2D eigenvalue weighted by atomic mass is 35.5. The Hall–Kier alpha value is -2.33. The second-order valence-electron chi connectivity index (χ2n) is 4.92. The summed E-state index contributed by atoms with van der Waals surface area (Å²) in [6.07, 6.45) is 0. The molecule has 0 aliphatic rings. The van der Waals surface area contributed by atoms with Crippen LogP contribution in [0.3, 0.4) is 0 Å². The predicted octanol–water partition coefficient (Wildman–Crippen LogP) is 2.83. The van der Waals surface area contributed by atoms with Gasteiger partial charge >= 0.3 is 11.8 Å². The van der Waals surface area contributed by atoms with Gasteiger partial charge in [-0.3, -0.25) is 9.59 Å². The molecule has 0 aromatic heterocycles. The molecule has 0 fully saturated rings. The van der Waals surface area contributed by atoms with E-state index in [1.165, 1.54) is 0 Å². The Morgan fingerprint density at radius 2 is 1.77 bits per heavy atom. The van der Waals surface area contributed by atoms with E-state index in [0.29, 0.717) is 5.02 Å². The fourth-order valence-corrected chi connectivity index (χ4v) is 2.21. The van der Waals surface area contributed by atoms with Crippen LogP contribution < -0.4 is 10.6 Å². The minimum atomic E-state index is -0.664. The molecule has 114 valence electrons. The van der Waals surface area contributed by atoms with Gasteiger partial charge in [0.1, 0.15) is 0 Å². The van der Waals surface area contributed by atoms with E-state index in [9.17, 15) is 9.59 Å². The minimum Gasteiger partial charge on any atom is -0.344 e. The number of nitrogens with one attached hydrogen (secondary N) is 2. The highest BCUT2D eigenvalue weighted by Crippen LogP contribution is 2.11. The maximum Gasteiger partial charge on any atom is 0.309 e. The highest BCUT2D eigenvalue weighted by molar-refractivity contribution is 6.35. The SMILES string of the molecule is C[C@H](NC(=O)C(=O)NCc1cccc(Cl)c1)c1ccccc1. The van der Waals surface area contributed by atoms with Crippen LogP contribution in [0, 0.1) is 0 Å². The summed E-state index contributed by atoms with van der Waals surface area (Å²) < 4.78 is 0. The van der Waals surface area contributed by atoms with Gasteiger partial charge in [-0.2, -0.15) is 0 Å². The maximum atomic E-state index is 11.9. The van der Waals surface area contributed by atoms with Crippen molar-refractivity contribution in [2.75, 3.05) is 0 Å². The van der Waals surface area contributed by atoms with E-state index in [1.807, 2.05) is 43.3 Å². The van der Waals surface area contributed by atoms with Crippen molar-refractivity contribution in [1.29, 1.82) is 0 Å². The quantitative estimate of drug-likeness (QED) is 0.852. The van der Waals surface area contributed by atoms with Gasteiger partial charge in [0.05, 0.1) is 6.04 Å². The van der Waals surface area contributed by atoms with Crippen molar-refractivity contribution in [2.24, 2.45) is 0 Å². The van der Waals surface area contributed by atoms with Gasteiger partial charge in [0.2, 0.25) is 0 Å². The predicted molar refractivity (Wildman–Crippen MR) is 86.3 cm³/mol. The summed E-state index contributed by atoms with van der Waals surface area (Å²) in [5, 5.41) is 5.83. The van der Waals surface area contributed by atoms with Crippen molar-refractivity contribution in [3.8, 4) is 0 Å². The molecule has 0 radical (unpaired) electrons. The molecule has 2 aromatic rings. The summed E-state index contributed by atoms with van der Waals surface area (Å²) in [7, 11) is 0. The molecule has 0 bridgehead atoms. The van der Waals surface area contributed by atoms with E-state index < -0.39 is 11.8 Å². The van der Waals surface area contributed by atoms with E-state index in [4.69, 9.17) is 11.6 Å². The lowest BCUT2D eigenvalue weighted by Crippen LogP contribution is -2.40. The third-order valence-corrected chi connectivity index (χ3v) is 3.43. The van der Waals surface area contributed by atoms with E-state index in [1.54, 1.807) is 18.2 Å². The molecule has 5 heteroatoms. The smallest absolute Gasteiger partial charge is 0.309 e. The third-order valence-electron chi connectivity index (χ3n) is 3.20. The topological polar surface area (TPSA) is 58.2 Å². The maximum absolute atomic E-state index is 11.9. The molecule has 0 heterocycles. The summed E-state index contributed by atoms with van der Waals surface area (Å²) in [4.78, 5) is 23.7. The van der Waals surface area contributed by atoms with E-state index in [2.05, 4.69) is 10.6 Å². The number of amides is 2. The van der Waals surface area contributed by atoms with Gasteiger partial charge in [-0.25, -0.2) is 0 Å². The van der Waals surface area contributed by atoms with Crippen LogP contribution in [-0.4, -0.2) is 11.8 Å². The fourth-order valence-electron chi connectivity index (χ4n) is 2.00. The van der Waals surface area contributed by atoms with Gasteiger partial charge in [0.15, 0.2) is 0 Å². The number of rotatable bonds is 4. The van der Waals surface area contributed by atoms with E-state index in [-0.39, 0.29) is 12.6 Å². The molecule has 0 spiro atoms. The summed E-state index contributed by atoms with van der Waals surface area (Å²) in [6, 6.07) is 16.4. The van der Waals surface area contributed by atoms with Crippen LogP contribution in [-0.2, 0) is 16.1 Å². The molecule has 0 saturated carbocycles. The zero-order chi connectivity index (χ0) is 15.9. The first-order valence-electron chi connectivity index (χ1n) is 6.94. The van der Waals surface area contributed by atoms with Crippen LogP contribution in [0.5, 0.6) is 0 Å². The molecule has 0 aliphatic heterocycles. The van der Waals surface area contributed by atoms with Crippen molar-refractivity contribution >= 4 is 23.4 Å². The summed E-state index contributed by atoms with van der Waals surface area (Å²) in [6.45, 7) is 2.09. The lowest BCUT2D eigenvalue weighted by Gasteiger charge is -2.14. The van der Waals surface area contributed by atoms with Crippen molar-refractivity contribution < 1.29 is 9.59 Å². The normalized spacial score (nSPS) is 11.5. The molecule has 22 heavy (non-hydrogen) atoms. The molecular weight excluding hydrogens is 300 g/mol. The Kier molecular flexibility index (Phi) is 5.55. The molecule has 1 atom stereocenters. The molecule has 0 unspecified atom stereocenters. The van der Waals surface area contributed by atoms with Crippen molar-refractivity contribution in [2.45, 2.75) is 19.5 Å². The van der Waals surface area contributed by atoms with Crippen LogP contribution in [0.4, 0.5) is 0 Å². The number of benzene rings is 2. The van der Waals surface area contributed by atoms with E-state index in [0.717, 1.165) is 11.1 Å². The van der Waals surface area contributed by atoms with Gasteiger partial charge in [0, 0.05) is 11.6 Å². The molecule has 2 rings (SSSR count). The lowest BCUT2D eigenvalue weighted by atomic mass is 10.1. The number of hydrogen-bond acceptors (Lipinski definition) is 2. The molecule has 2 amide bonds. The number of carbonyl (C=O) groups excluding carboxylic acids is 2. The van der Waals surface area contributed by atoms with Gasteiger partial charge < -0.3 is 10.6 Å².